The Morgan fingerprint density at radius 3 is 2.12 bits per heavy atom. The summed E-state index contributed by atoms with van der Waals surface area (Å²) in [5.74, 6) is -3.59. The van der Waals surface area contributed by atoms with E-state index in [0.29, 0.717) is 36.6 Å². The number of nitrogens with one attached hydrogen (secondary N) is 3. The number of nitrogens with zero attached hydrogens (tertiary/aromatic N) is 1. The van der Waals surface area contributed by atoms with Crippen LogP contribution in [0.25, 0.3) is 0 Å². The topological polar surface area (TPSA) is 128 Å². The molecule has 1 aliphatic rings. The summed E-state index contributed by atoms with van der Waals surface area (Å²) in [7, 11) is -3.98. The van der Waals surface area contributed by atoms with Gasteiger partial charge in [-0.15, -0.1) is 0 Å². The van der Waals surface area contributed by atoms with E-state index in [2.05, 4.69) is 20.3 Å². The van der Waals surface area contributed by atoms with Crippen molar-refractivity contribution in [1.82, 2.24) is 10.6 Å². The summed E-state index contributed by atoms with van der Waals surface area (Å²) in [6, 6.07) is 19.1. The molecule has 40 heavy (non-hydrogen) atoms. The fourth-order valence-corrected chi connectivity index (χ4v) is 4.70. The molecule has 14 heteroatoms. The second-order valence-electron chi connectivity index (χ2n) is 8.50. The quantitative estimate of drug-likeness (QED) is 0.314. The zero-order chi connectivity index (χ0) is 29.3. The number of alkyl halides is 3. The average Bonchev–Trinajstić information content (AvgIpc) is 2.92. The third kappa shape index (κ3) is 8.68. The van der Waals surface area contributed by atoms with Crippen molar-refractivity contribution in [2.45, 2.75) is 17.6 Å². The number of piperazine rings is 1. The van der Waals surface area contributed by atoms with Gasteiger partial charge in [-0.3, -0.25) is 9.52 Å². The maximum absolute atomic E-state index is 13.3. The maximum atomic E-state index is 13.3. The Balaban J connectivity index is 0.000000559. The molecule has 4 N–H and O–H groups in total. The van der Waals surface area contributed by atoms with Gasteiger partial charge in [-0.05, 0) is 48.0 Å². The van der Waals surface area contributed by atoms with Gasteiger partial charge in [0.15, 0.2) is 0 Å². The smallest absolute Gasteiger partial charge is 0.475 e. The zero-order valence-electron chi connectivity index (χ0n) is 20.9. The molecule has 0 unspecified atom stereocenters. The monoisotopic (exact) mass is 582 g/mol. The highest BCUT2D eigenvalue weighted by Crippen LogP contribution is 2.30. The molecule has 4 rings (SSSR count). The number of hydrogen-bond donors (Lipinski definition) is 4. The summed E-state index contributed by atoms with van der Waals surface area (Å²) in [6.45, 7) is 3.29. The molecule has 1 aliphatic heterocycles. The van der Waals surface area contributed by atoms with Crippen LogP contribution in [-0.2, 0) is 21.4 Å². The molecule has 0 aliphatic carbocycles. The standard InChI is InChI=1S/C24H25FN4O3S.C2HF3O2/c25-20-7-9-21(10-8-20)33(31,32)28-22-16-19(6-11-23(22)29-14-12-26-13-15-29)24(30)27-17-18-4-2-1-3-5-18;3-2(4,5)1(6)7/h1-11,16,26,28H,12-15,17H2,(H,27,30);(H,6,7). The molecule has 0 bridgehead atoms. The summed E-state index contributed by atoms with van der Waals surface area (Å²) in [5, 5.41) is 13.3. The fourth-order valence-electron chi connectivity index (χ4n) is 3.64. The minimum Gasteiger partial charge on any atom is -0.475 e. The first-order chi connectivity index (χ1) is 18.9. The Bertz CT molecular complexity index is 1410. The van der Waals surface area contributed by atoms with E-state index in [4.69, 9.17) is 9.90 Å². The van der Waals surface area contributed by atoms with Crippen LogP contribution in [0.15, 0.2) is 77.7 Å². The number of carboxylic acids is 1. The Morgan fingerprint density at radius 2 is 1.55 bits per heavy atom. The van der Waals surface area contributed by atoms with Crippen molar-refractivity contribution in [1.29, 1.82) is 0 Å². The third-order valence-electron chi connectivity index (χ3n) is 5.62. The molecule has 1 amide bonds. The molecule has 3 aromatic carbocycles. The first kappa shape index (κ1) is 30.4. The first-order valence-electron chi connectivity index (χ1n) is 11.9. The zero-order valence-corrected chi connectivity index (χ0v) is 21.7. The number of aliphatic carboxylic acids is 1. The third-order valence-corrected chi connectivity index (χ3v) is 7.00. The van der Waals surface area contributed by atoms with Crippen LogP contribution in [0.2, 0.25) is 0 Å². The van der Waals surface area contributed by atoms with Gasteiger partial charge in [-0.2, -0.15) is 13.2 Å². The number of halogens is 4. The molecule has 1 saturated heterocycles. The second kappa shape index (κ2) is 13.3. The summed E-state index contributed by atoms with van der Waals surface area (Å²) in [4.78, 5) is 23.7. The molecular formula is C26H26F4N4O5S. The Morgan fingerprint density at radius 1 is 0.950 bits per heavy atom. The molecular weight excluding hydrogens is 556 g/mol. The van der Waals surface area contributed by atoms with E-state index in [1.165, 1.54) is 12.1 Å². The van der Waals surface area contributed by atoms with Gasteiger partial charge in [0.25, 0.3) is 15.9 Å². The number of carbonyl (C=O) groups excluding carboxylic acids is 1. The van der Waals surface area contributed by atoms with Gasteiger partial charge in [0.05, 0.1) is 16.3 Å². The predicted molar refractivity (Wildman–Crippen MR) is 140 cm³/mol. The number of rotatable bonds is 7. The summed E-state index contributed by atoms with van der Waals surface area (Å²) in [6.07, 6.45) is -5.08. The summed E-state index contributed by atoms with van der Waals surface area (Å²) >= 11 is 0. The molecule has 0 radical (unpaired) electrons. The fraction of sp³-hybridized carbons (Fsp3) is 0.231. The van der Waals surface area contributed by atoms with Crippen LogP contribution in [-0.4, -0.2) is 57.8 Å². The highest BCUT2D eigenvalue weighted by molar-refractivity contribution is 7.92. The van der Waals surface area contributed by atoms with E-state index in [9.17, 15) is 30.8 Å². The van der Waals surface area contributed by atoms with Gasteiger partial charge >= 0.3 is 12.1 Å². The molecule has 214 valence electrons. The number of carbonyl (C=O) groups is 2. The van der Waals surface area contributed by atoms with Crippen molar-refractivity contribution in [2.75, 3.05) is 35.8 Å². The van der Waals surface area contributed by atoms with Gasteiger partial charge in [0.2, 0.25) is 0 Å². The number of amides is 1. The van der Waals surface area contributed by atoms with Crippen molar-refractivity contribution < 1.29 is 40.7 Å². The van der Waals surface area contributed by atoms with Gasteiger partial charge in [0.1, 0.15) is 5.82 Å². The first-order valence-corrected chi connectivity index (χ1v) is 13.4. The van der Waals surface area contributed by atoms with Crippen LogP contribution in [0, 0.1) is 5.82 Å². The molecule has 0 saturated carbocycles. The van der Waals surface area contributed by atoms with Crippen molar-refractivity contribution in [2.24, 2.45) is 0 Å². The molecule has 3 aromatic rings. The van der Waals surface area contributed by atoms with Crippen LogP contribution in [0.4, 0.5) is 28.9 Å². The summed E-state index contributed by atoms with van der Waals surface area (Å²) in [5.41, 5.74) is 2.28. The Hall–Kier alpha value is -4.17. The van der Waals surface area contributed by atoms with Crippen LogP contribution in [0.1, 0.15) is 15.9 Å². The van der Waals surface area contributed by atoms with E-state index in [1.807, 2.05) is 30.3 Å². The van der Waals surface area contributed by atoms with Crippen molar-refractivity contribution in [3.8, 4) is 0 Å². The lowest BCUT2D eigenvalue weighted by atomic mass is 10.1. The number of anilines is 2. The predicted octanol–water partition coefficient (Wildman–Crippen LogP) is 3.60. The number of sulfonamides is 1. The van der Waals surface area contributed by atoms with Gasteiger partial charge in [-0.1, -0.05) is 30.3 Å². The van der Waals surface area contributed by atoms with Crippen LogP contribution >= 0.6 is 0 Å². The number of benzene rings is 3. The van der Waals surface area contributed by atoms with Crippen molar-refractivity contribution in [3.05, 3.63) is 89.7 Å². The van der Waals surface area contributed by atoms with E-state index < -0.39 is 28.0 Å². The van der Waals surface area contributed by atoms with Crippen LogP contribution < -0.4 is 20.3 Å². The van der Waals surface area contributed by atoms with Crippen molar-refractivity contribution in [3.63, 3.8) is 0 Å². The minimum absolute atomic E-state index is 0.0610. The molecule has 0 atom stereocenters. The lowest BCUT2D eigenvalue weighted by Gasteiger charge is -2.31. The normalized spacial score (nSPS) is 13.6. The molecule has 1 heterocycles. The van der Waals surface area contributed by atoms with Gasteiger partial charge < -0.3 is 20.6 Å². The van der Waals surface area contributed by atoms with E-state index in [-0.39, 0.29) is 10.8 Å². The average molecular weight is 583 g/mol. The van der Waals surface area contributed by atoms with Gasteiger partial charge in [0, 0.05) is 38.3 Å². The lowest BCUT2D eigenvalue weighted by molar-refractivity contribution is -0.192. The molecule has 0 spiro atoms. The molecule has 1 fully saturated rings. The maximum Gasteiger partial charge on any atom is 0.490 e. The minimum atomic E-state index is -5.08. The van der Waals surface area contributed by atoms with E-state index in [0.717, 1.165) is 30.8 Å². The van der Waals surface area contributed by atoms with E-state index in [1.54, 1.807) is 18.2 Å². The number of hydrogen-bond acceptors (Lipinski definition) is 6. The van der Waals surface area contributed by atoms with Gasteiger partial charge in [-0.25, -0.2) is 17.6 Å². The Labute approximate surface area is 227 Å². The molecule has 0 aromatic heterocycles. The largest absolute Gasteiger partial charge is 0.490 e. The highest BCUT2D eigenvalue weighted by atomic mass is 32.2. The van der Waals surface area contributed by atoms with Crippen LogP contribution in [0.5, 0.6) is 0 Å². The Kier molecular flexibility index (Phi) is 10.1. The SMILES string of the molecule is O=C(NCc1ccccc1)c1ccc(N2CCNCC2)c(NS(=O)(=O)c2ccc(F)cc2)c1.O=C(O)C(F)(F)F. The van der Waals surface area contributed by atoms with Crippen molar-refractivity contribution >= 4 is 33.3 Å². The van der Waals surface area contributed by atoms with Crippen LogP contribution in [0.3, 0.4) is 0 Å². The number of carboxylic acid groups (broad SMARTS) is 1. The highest BCUT2D eigenvalue weighted by Gasteiger charge is 2.38. The lowest BCUT2D eigenvalue weighted by Crippen LogP contribution is -2.43. The summed E-state index contributed by atoms with van der Waals surface area (Å²) < 4.78 is 73.6. The molecule has 9 nitrogen and oxygen atoms in total. The second-order valence-corrected chi connectivity index (χ2v) is 10.2. The van der Waals surface area contributed by atoms with E-state index >= 15 is 0 Å².